The van der Waals surface area contributed by atoms with Crippen LogP contribution in [0, 0.1) is 13.8 Å². The largest absolute Gasteiger partial charge is 0.497 e. The molecular formula is C23H27N3O3S. The molecule has 0 saturated carbocycles. The number of aliphatic hydroxyl groups is 1. The van der Waals surface area contributed by atoms with Gasteiger partial charge in [-0.15, -0.1) is 0 Å². The van der Waals surface area contributed by atoms with Gasteiger partial charge in [0.2, 0.25) is 0 Å². The second-order valence-corrected chi connectivity index (χ2v) is 7.71. The second kappa shape index (κ2) is 9.73. The number of anilines is 1. The number of aliphatic hydroxyl groups excluding tert-OH is 1. The average Bonchev–Trinajstić information content (AvgIpc) is 2.73. The molecule has 0 unspecified atom stereocenters. The fraction of sp³-hybridized carbons (Fsp3) is 0.304. The number of nitrogens with one attached hydrogen (secondary N) is 2. The molecule has 7 heteroatoms. The van der Waals surface area contributed by atoms with Gasteiger partial charge in [-0.1, -0.05) is 17.7 Å². The fourth-order valence-corrected chi connectivity index (χ4v) is 3.61. The third-order valence-electron chi connectivity index (χ3n) is 4.99. The molecule has 0 aliphatic rings. The number of fused-ring (bicyclic) bond motifs is 1. The van der Waals surface area contributed by atoms with E-state index in [1.807, 2.05) is 55.1 Å². The number of nitrogens with zero attached hydrogens (tertiary/aromatic N) is 1. The van der Waals surface area contributed by atoms with Gasteiger partial charge >= 0.3 is 0 Å². The lowest BCUT2D eigenvalue weighted by Gasteiger charge is -2.26. The summed E-state index contributed by atoms with van der Waals surface area (Å²) in [5, 5.41) is 14.0. The van der Waals surface area contributed by atoms with Gasteiger partial charge in [-0.2, -0.15) is 0 Å². The molecule has 1 aromatic heterocycles. The van der Waals surface area contributed by atoms with E-state index >= 15 is 0 Å². The lowest BCUT2D eigenvalue weighted by Crippen LogP contribution is -2.37. The lowest BCUT2D eigenvalue weighted by molar-refractivity contribution is 0.265. The zero-order chi connectivity index (χ0) is 21.7. The minimum absolute atomic E-state index is 0.0496. The summed E-state index contributed by atoms with van der Waals surface area (Å²) in [7, 11) is 1.61. The number of aromatic amines is 1. The maximum Gasteiger partial charge on any atom is 0.253 e. The SMILES string of the molecule is COc1ccc2[nH]c(=O)c(CN(CCCO)C(=S)Nc3ccc(C)cc3C)cc2c1. The Hall–Kier alpha value is -2.90. The predicted molar refractivity (Wildman–Crippen MR) is 125 cm³/mol. The Morgan fingerprint density at radius 3 is 2.70 bits per heavy atom. The molecule has 0 atom stereocenters. The smallest absolute Gasteiger partial charge is 0.253 e. The number of ether oxygens (including phenoxy) is 1. The Balaban J connectivity index is 1.87. The number of methoxy groups -OCH3 is 1. The van der Waals surface area contributed by atoms with Crippen molar-refractivity contribution in [3.63, 3.8) is 0 Å². The molecule has 0 saturated heterocycles. The van der Waals surface area contributed by atoms with E-state index in [9.17, 15) is 9.90 Å². The highest BCUT2D eigenvalue weighted by Gasteiger charge is 2.14. The number of hydrogen-bond donors (Lipinski definition) is 3. The Kier molecular flexibility index (Phi) is 7.07. The van der Waals surface area contributed by atoms with E-state index in [2.05, 4.69) is 16.4 Å². The Morgan fingerprint density at radius 2 is 2.00 bits per heavy atom. The molecule has 1 heterocycles. The van der Waals surface area contributed by atoms with Crippen molar-refractivity contribution in [2.75, 3.05) is 25.6 Å². The van der Waals surface area contributed by atoms with Crippen LogP contribution < -0.4 is 15.6 Å². The number of aromatic nitrogens is 1. The van der Waals surface area contributed by atoms with Crippen molar-refractivity contribution < 1.29 is 9.84 Å². The quantitative estimate of drug-likeness (QED) is 0.501. The highest BCUT2D eigenvalue weighted by molar-refractivity contribution is 7.80. The van der Waals surface area contributed by atoms with Crippen LogP contribution in [-0.2, 0) is 6.54 Å². The normalized spacial score (nSPS) is 10.8. The Bertz CT molecular complexity index is 1110. The summed E-state index contributed by atoms with van der Waals surface area (Å²) in [5.41, 5.74) is 4.39. The van der Waals surface area contributed by atoms with Crippen molar-refractivity contribution in [2.45, 2.75) is 26.8 Å². The molecule has 0 fully saturated rings. The summed E-state index contributed by atoms with van der Waals surface area (Å²) >= 11 is 5.64. The zero-order valence-corrected chi connectivity index (χ0v) is 18.3. The topological polar surface area (TPSA) is 77.6 Å². The molecule has 2 aromatic carbocycles. The predicted octanol–water partition coefficient (Wildman–Crippen LogP) is 3.73. The van der Waals surface area contributed by atoms with E-state index in [-0.39, 0.29) is 12.2 Å². The van der Waals surface area contributed by atoms with Gasteiger partial charge < -0.3 is 25.0 Å². The average molecular weight is 426 g/mol. The van der Waals surface area contributed by atoms with Crippen molar-refractivity contribution in [1.29, 1.82) is 0 Å². The molecule has 0 radical (unpaired) electrons. The molecule has 0 aliphatic heterocycles. The van der Waals surface area contributed by atoms with Crippen LogP contribution in [0.1, 0.15) is 23.1 Å². The van der Waals surface area contributed by atoms with Gasteiger partial charge in [-0.05, 0) is 68.4 Å². The van der Waals surface area contributed by atoms with Crippen LogP contribution in [0.5, 0.6) is 5.75 Å². The minimum atomic E-state index is -0.156. The number of pyridine rings is 1. The van der Waals surface area contributed by atoms with E-state index in [1.165, 1.54) is 5.56 Å². The second-order valence-electron chi connectivity index (χ2n) is 7.32. The molecule has 0 spiro atoms. The van der Waals surface area contributed by atoms with E-state index < -0.39 is 0 Å². The molecule has 30 heavy (non-hydrogen) atoms. The number of benzene rings is 2. The molecule has 3 aromatic rings. The van der Waals surface area contributed by atoms with Gasteiger partial charge in [-0.25, -0.2) is 0 Å². The van der Waals surface area contributed by atoms with Crippen molar-refractivity contribution in [1.82, 2.24) is 9.88 Å². The summed E-state index contributed by atoms with van der Waals surface area (Å²) in [6, 6.07) is 13.5. The van der Waals surface area contributed by atoms with Gasteiger partial charge in [-0.3, -0.25) is 4.79 Å². The molecule has 0 bridgehead atoms. The van der Waals surface area contributed by atoms with Crippen molar-refractivity contribution in [3.05, 3.63) is 69.5 Å². The van der Waals surface area contributed by atoms with Gasteiger partial charge in [0.05, 0.1) is 13.7 Å². The first-order chi connectivity index (χ1) is 14.4. The first kappa shape index (κ1) is 21.8. The van der Waals surface area contributed by atoms with Crippen LogP contribution >= 0.6 is 12.2 Å². The molecule has 3 N–H and O–H groups in total. The van der Waals surface area contributed by atoms with Gasteiger partial charge in [0, 0.05) is 35.3 Å². The maximum absolute atomic E-state index is 12.6. The summed E-state index contributed by atoms with van der Waals surface area (Å²) in [5.74, 6) is 0.727. The van der Waals surface area contributed by atoms with Crippen LogP contribution in [0.25, 0.3) is 10.9 Å². The van der Waals surface area contributed by atoms with Gasteiger partial charge in [0.15, 0.2) is 5.11 Å². The van der Waals surface area contributed by atoms with E-state index in [1.54, 1.807) is 7.11 Å². The maximum atomic E-state index is 12.6. The minimum Gasteiger partial charge on any atom is -0.497 e. The van der Waals surface area contributed by atoms with Crippen LogP contribution in [0.15, 0.2) is 47.3 Å². The van der Waals surface area contributed by atoms with E-state index in [4.69, 9.17) is 17.0 Å². The summed E-state index contributed by atoms with van der Waals surface area (Å²) in [4.78, 5) is 17.5. The fourth-order valence-electron chi connectivity index (χ4n) is 3.34. The standard InChI is InChI=1S/C23H27N3O3S/c1-15-5-7-20(16(2)11-15)25-23(30)26(9-4-10-27)14-18-12-17-13-19(29-3)6-8-21(17)24-22(18)28/h5-8,11-13,27H,4,9-10,14H2,1-3H3,(H,24,28)(H,25,30). The number of H-pyrrole nitrogens is 1. The molecule has 3 rings (SSSR count). The molecule has 158 valence electrons. The van der Waals surface area contributed by atoms with Crippen molar-refractivity contribution >= 4 is 33.9 Å². The van der Waals surface area contributed by atoms with Crippen LogP contribution in [0.2, 0.25) is 0 Å². The summed E-state index contributed by atoms with van der Waals surface area (Å²) < 4.78 is 5.29. The molecule has 0 amide bonds. The Labute approximate surface area is 181 Å². The third-order valence-corrected chi connectivity index (χ3v) is 5.35. The highest BCUT2D eigenvalue weighted by atomic mass is 32.1. The number of aryl methyl sites for hydroxylation is 2. The summed E-state index contributed by atoms with van der Waals surface area (Å²) in [6.07, 6.45) is 0.550. The first-order valence-corrected chi connectivity index (χ1v) is 10.3. The molecule has 0 aliphatic carbocycles. The van der Waals surface area contributed by atoms with Crippen LogP contribution in [-0.4, -0.2) is 40.4 Å². The number of rotatable bonds is 7. The first-order valence-electron chi connectivity index (χ1n) is 9.85. The van der Waals surface area contributed by atoms with E-state index in [0.717, 1.165) is 27.9 Å². The van der Waals surface area contributed by atoms with Crippen LogP contribution in [0.4, 0.5) is 5.69 Å². The molecular weight excluding hydrogens is 398 g/mol. The van der Waals surface area contributed by atoms with Crippen molar-refractivity contribution in [3.8, 4) is 5.75 Å². The Morgan fingerprint density at radius 1 is 1.20 bits per heavy atom. The summed E-state index contributed by atoms with van der Waals surface area (Å²) in [6.45, 7) is 4.98. The monoisotopic (exact) mass is 425 g/mol. The zero-order valence-electron chi connectivity index (χ0n) is 17.5. The van der Waals surface area contributed by atoms with Gasteiger partial charge in [0.25, 0.3) is 5.56 Å². The van der Waals surface area contributed by atoms with E-state index in [0.29, 0.717) is 30.2 Å². The number of thiocarbonyl (C=S) groups is 1. The third kappa shape index (κ3) is 5.17. The lowest BCUT2D eigenvalue weighted by atomic mass is 10.1. The van der Waals surface area contributed by atoms with Crippen LogP contribution in [0.3, 0.4) is 0 Å². The van der Waals surface area contributed by atoms with Crippen molar-refractivity contribution in [2.24, 2.45) is 0 Å². The molecule has 6 nitrogen and oxygen atoms in total. The number of hydrogen-bond acceptors (Lipinski definition) is 4. The van der Waals surface area contributed by atoms with Gasteiger partial charge in [0.1, 0.15) is 5.75 Å². The highest BCUT2D eigenvalue weighted by Crippen LogP contribution is 2.20.